The van der Waals surface area contributed by atoms with Crippen molar-refractivity contribution in [3.05, 3.63) is 166 Å². The third kappa shape index (κ3) is 7.02. The third-order valence-corrected chi connectivity index (χ3v) is 10.5. The summed E-state index contributed by atoms with van der Waals surface area (Å²) < 4.78 is 18.1. The molecule has 6 aromatic rings. The molecule has 2 aliphatic heterocycles. The van der Waals surface area contributed by atoms with E-state index in [1.54, 1.807) is 0 Å². The Bertz CT molecular complexity index is 2320. The highest BCUT2D eigenvalue weighted by molar-refractivity contribution is 6.15. The van der Waals surface area contributed by atoms with Crippen LogP contribution in [-0.4, -0.2) is 47.5 Å². The predicted molar refractivity (Wildman–Crippen MR) is 205 cm³/mol. The summed E-state index contributed by atoms with van der Waals surface area (Å²) in [5.74, 6) is -1.82. The SMILES string of the molecule is CC1C(CN(C)Cc2c3ccccc3cc3ccccc23)OC(c2ccc(CNC(=O)c3ccc4c(c3)C(=O)OC4=O)cc2)OC1c1ccc(CO)cc1. The van der Waals surface area contributed by atoms with Crippen molar-refractivity contribution in [2.24, 2.45) is 5.92 Å². The van der Waals surface area contributed by atoms with Crippen molar-refractivity contribution in [2.75, 3.05) is 13.6 Å². The maximum Gasteiger partial charge on any atom is 0.346 e. The first-order chi connectivity index (χ1) is 26.2. The van der Waals surface area contributed by atoms with Crippen LogP contribution in [-0.2, 0) is 33.9 Å². The number of likely N-dealkylation sites (N-methyl/N-ethyl adjacent to an activating group) is 1. The van der Waals surface area contributed by atoms with Gasteiger partial charge < -0.3 is 24.6 Å². The molecule has 0 spiro atoms. The second-order valence-electron chi connectivity index (χ2n) is 14.2. The fourth-order valence-electron chi connectivity index (χ4n) is 7.55. The van der Waals surface area contributed by atoms with Gasteiger partial charge in [-0.3, -0.25) is 9.69 Å². The highest BCUT2D eigenvalue weighted by Gasteiger charge is 2.39. The third-order valence-electron chi connectivity index (χ3n) is 10.5. The predicted octanol–water partition coefficient (Wildman–Crippen LogP) is 7.65. The van der Waals surface area contributed by atoms with Gasteiger partial charge in [0.1, 0.15) is 0 Å². The Kier molecular flexibility index (Phi) is 9.79. The molecular formula is C45H40N2O7. The van der Waals surface area contributed by atoms with Crippen molar-refractivity contribution in [3.63, 3.8) is 0 Å². The topological polar surface area (TPSA) is 114 Å². The molecule has 0 saturated carbocycles. The van der Waals surface area contributed by atoms with E-state index in [1.165, 1.54) is 45.3 Å². The van der Waals surface area contributed by atoms with E-state index >= 15 is 0 Å². The van der Waals surface area contributed by atoms with Gasteiger partial charge in [0, 0.05) is 36.7 Å². The fraction of sp³-hybridized carbons (Fsp3) is 0.222. The standard InChI is InChI=1S/C45H40N2O7/c1-27-40(25-47(2)24-39-35-9-5-3-7-32(35)21-33-8-4-6-10-36(33)39)52-45(53-41(27)30-15-13-29(26-48)14-16-30)31-17-11-28(12-18-31)23-46-42(49)34-19-20-37-38(22-34)44(51)54-43(37)50/h3-22,27,40-41,45,48H,23-26H2,1-2H3,(H,46,49). The smallest absolute Gasteiger partial charge is 0.346 e. The molecule has 4 unspecified atom stereocenters. The van der Waals surface area contributed by atoms with Crippen LogP contribution >= 0.6 is 0 Å². The van der Waals surface area contributed by atoms with Crippen LogP contribution < -0.4 is 5.32 Å². The molecule has 0 aromatic heterocycles. The molecule has 1 fully saturated rings. The number of nitrogens with one attached hydrogen (secondary N) is 1. The van der Waals surface area contributed by atoms with E-state index in [0.717, 1.165) is 28.8 Å². The zero-order valence-electron chi connectivity index (χ0n) is 30.0. The van der Waals surface area contributed by atoms with Crippen LogP contribution in [0, 0.1) is 5.92 Å². The highest BCUT2D eigenvalue weighted by atomic mass is 16.7. The van der Waals surface area contributed by atoms with Crippen LogP contribution in [0.4, 0.5) is 0 Å². The van der Waals surface area contributed by atoms with E-state index in [-0.39, 0.29) is 53.9 Å². The zero-order valence-corrected chi connectivity index (χ0v) is 30.0. The number of nitrogens with zero attached hydrogens (tertiary/aromatic N) is 1. The summed E-state index contributed by atoms with van der Waals surface area (Å²) in [6.07, 6.45) is -1.07. The molecule has 2 N–H and O–H groups in total. The summed E-state index contributed by atoms with van der Waals surface area (Å²) in [5, 5.41) is 17.5. The number of amides is 1. The lowest BCUT2D eigenvalue weighted by Gasteiger charge is -2.42. The minimum atomic E-state index is -0.751. The molecule has 6 aromatic carbocycles. The molecule has 4 atom stereocenters. The van der Waals surface area contributed by atoms with Crippen LogP contribution in [0.1, 0.15) is 78.2 Å². The Labute approximate surface area is 313 Å². The number of fused-ring (bicyclic) bond motifs is 3. The number of carbonyl (C=O) groups is 3. The number of hydrogen-bond acceptors (Lipinski definition) is 8. The van der Waals surface area contributed by atoms with Gasteiger partial charge in [-0.25, -0.2) is 9.59 Å². The highest BCUT2D eigenvalue weighted by Crippen LogP contribution is 2.42. The van der Waals surface area contributed by atoms with E-state index in [2.05, 4.69) is 83.5 Å². The number of cyclic esters (lactones) is 2. The second kappa shape index (κ2) is 15.0. The lowest BCUT2D eigenvalue weighted by molar-refractivity contribution is -0.276. The van der Waals surface area contributed by atoms with Gasteiger partial charge in [-0.1, -0.05) is 104 Å². The van der Waals surface area contributed by atoms with Crippen molar-refractivity contribution in [1.82, 2.24) is 10.2 Å². The Hall–Kier alpha value is -5.71. The molecular weight excluding hydrogens is 681 g/mol. The summed E-state index contributed by atoms with van der Waals surface area (Å²) in [6, 6.07) is 39.3. The minimum Gasteiger partial charge on any atom is -0.392 e. The van der Waals surface area contributed by atoms with Gasteiger partial charge in [-0.15, -0.1) is 0 Å². The van der Waals surface area contributed by atoms with Crippen molar-refractivity contribution in [3.8, 4) is 0 Å². The van der Waals surface area contributed by atoms with Crippen LogP contribution in [0.25, 0.3) is 21.5 Å². The van der Waals surface area contributed by atoms with E-state index in [9.17, 15) is 19.5 Å². The molecule has 2 heterocycles. The monoisotopic (exact) mass is 720 g/mol. The number of esters is 2. The van der Waals surface area contributed by atoms with Gasteiger partial charge in [0.05, 0.1) is 29.9 Å². The zero-order chi connectivity index (χ0) is 37.3. The minimum absolute atomic E-state index is 0.0154. The molecule has 0 radical (unpaired) electrons. The summed E-state index contributed by atoms with van der Waals surface area (Å²) >= 11 is 0. The van der Waals surface area contributed by atoms with E-state index in [0.29, 0.717) is 6.54 Å². The lowest BCUT2D eigenvalue weighted by Crippen LogP contribution is -2.43. The Morgan fingerprint density at radius 3 is 2.06 bits per heavy atom. The van der Waals surface area contributed by atoms with Crippen molar-refractivity contribution in [1.29, 1.82) is 0 Å². The van der Waals surface area contributed by atoms with E-state index in [1.807, 2.05) is 48.5 Å². The number of aliphatic hydroxyl groups is 1. The Morgan fingerprint density at radius 2 is 1.37 bits per heavy atom. The van der Waals surface area contributed by atoms with Gasteiger partial charge in [0.2, 0.25) is 0 Å². The van der Waals surface area contributed by atoms with Gasteiger partial charge >= 0.3 is 11.9 Å². The maximum absolute atomic E-state index is 12.9. The fourth-order valence-corrected chi connectivity index (χ4v) is 7.55. The summed E-state index contributed by atoms with van der Waals surface area (Å²) in [7, 11) is 2.14. The van der Waals surface area contributed by atoms with Crippen LogP contribution in [0.2, 0.25) is 0 Å². The molecule has 0 aliphatic carbocycles. The van der Waals surface area contributed by atoms with Gasteiger partial charge in [0.25, 0.3) is 5.91 Å². The molecule has 1 amide bonds. The van der Waals surface area contributed by atoms with Crippen LogP contribution in [0.3, 0.4) is 0 Å². The van der Waals surface area contributed by atoms with Crippen molar-refractivity contribution in [2.45, 2.75) is 45.1 Å². The molecule has 272 valence electrons. The summed E-state index contributed by atoms with van der Waals surface area (Å²) in [6.45, 7) is 3.80. The van der Waals surface area contributed by atoms with E-state index < -0.39 is 18.2 Å². The van der Waals surface area contributed by atoms with Crippen LogP contribution in [0.15, 0.2) is 121 Å². The Morgan fingerprint density at radius 1 is 0.741 bits per heavy atom. The number of aliphatic hydroxyl groups excluding tert-OH is 1. The summed E-state index contributed by atoms with van der Waals surface area (Å²) in [4.78, 5) is 39.0. The maximum atomic E-state index is 12.9. The number of rotatable bonds is 10. The molecule has 8 rings (SSSR count). The van der Waals surface area contributed by atoms with Crippen molar-refractivity contribution < 1.29 is 33.7 Å². The second-order valence-corrected chi connectivity index (χ2v) is 14.2. The molecule has 0 bridgehead atoms. The first-order valence-corrected chi connectivity index (χ1v) is 18.1. The lowest BCUT2D eigenvalue weighted by atomic mass is 9.89. The quantitative estimate of drug-likeness (QED) is 0.0843. The molecule has 9 heteroatoms. The average Bonchev–Trinajstić information content (AvgIpc) is 3.49. The number of benzene rings is 6. The van der Waals surface area contributed by atoms with Crippen molar-refractivity contribution >= 4 is 39.4 Å². The normalized spacial score (nSPS) is 19.6. The first kappa shape index (κ1) is 35.3. The molecule has 54 heavy (non-hydrogen) atoms. The summed E-state index contributed by atoms with van der Waals surface area (Å²) in [5.41, 5.74) is 5.37. The first-order valence-electron chi connectivity index (χ1n) is 18.1. The number of carbonyl (C=O) groups excluding carboxylic acids is 3. The van der Waals surface area contributed by atoms with Gasteiger partial charge in [-0.2, -0.15) is 0 Å². The largest absolute Gasteiger partial charge is 0.392 e. The number of hydrogen-bond donors (Lipinski definition) is 2. The molecule has 1 saturated heterocycles. The van der Waals surface area contributed by atoms with Crippen LogP contribution in [0.5, 0.6) is 0 Å². The average molecular weight is 721 g/mol. The van der Waals surface area contributed by atoms with Gasteiger partial charge in [0.15, 0.2) is 6.29 Å². The molecule has 2 aliphatic rings. The van der Waals surface area contributed by atoms with Gasteiger partial charge in [-0.05, 0) is 75.1 Å². The number of ether oxygens (including phenoxy) is 3. The van der Waals surface area contributed by atoms with E-state index in [4.69, 9.17) is 9.47 Å². The Balaban J connectivity index is 1.00. The molecule has 9 nitrogen and oxygen atoms in total.